The van der Waals surface area contributed by atoms with Crippen LogP contribution in [0.1, 0.15) is 16.1 Å². The first-order valence-corrected chi connectivity index (χ1v) is 5.74. The van der Waals surface area contributed by atoms with Crippen LogP contribution in [-0.2, 0) is 6.18 Å². The van der Waals surface area contributed by atoms with Crippen LogP contribution in [0.2, 0.25) is 0 Å². The van der Waals surface area contributed by atoms with Gasteiger partial charge < -0.3 is 10.1 Å². The molecular formula is C11H6BrF3N2O2. The van der Waals surface area contributed by atoms with Gasteiger partial charge in [-0.1, -0.05) is 15.9 Å². The highest BCUT2D eigenvalue weighted by atomic mass is 79.9. The molecule has 0 saturated carbocycles. The zero-order chi connectivity index (χ0) is 14.2. The van der Waals surface area contributed by atoms with Gasteiger partial charge >= 0.3 is 12.1 Å². The number of nitrogens with one attached hydrogen (secondary N) is 1. The van der Waals surface area contributed by atoms with Crippen molar-refractivity contribution in [1.82, 2.24) is 9.97 Å². The molecule has 0 atom stereocenters. The molecule has 2 aromatic rings. The molecule has 0 aliphatic carbocycles. The third kappa shape index (κ3) is 2.78. The highest BCUT2D eigenvalue weighted by Crippen LogP contribution is 2.31. The summed E-state index contributed by atoms with van der Waals surface area (Å²) in [6.45, 7) is 0. The first kappa shape index (κ1) is 13.6. The van der Waals surface area contributed by atoms with Gasteiger partial charge in [-0.25, -0.2) is 9.78 Å². The highest BCUT2D eigenvalue weighted by molar-refractivity contribution is 9.10. The molecule has 1 aromatic carbocycles. The Balaban J connectivity index is 2.53. The molecule has 2 N–H and O–H groups in total. The van der Waals surface area contributed by atoms with E-state index in [2.05, 4.69) is 25.9 Å². The Morgan fingerprint density at radius 3 is 2.58 bits per heavy atom. The normalized spacial score (nSPS) is 11.6. The number of aromatic amines is 1. The number of alkyl halides is 3. The molecular weight excluding hydrogens is 329 g/mol. The smallest absolute Gasteiger partial charge is 0.434 e. The average molecular weight is 335 g/mol. The summed E-state index contributed by atoms with van der Waals surface area (Å²) >= 11 is 3.10. The molecule has 0 amide bonds. The van der Waals surface area contributed by atoms with Gasteiger partial charge in [0.25, 0.3) is 0 Å². The summed E-state index contributed by atoms with van der Waals surface area (Å²) < 4.78 is 37.8. The number of aromatic nitrogens is 2. The minimum atomic E-state index is -4.58. The van der Waals surface area contributed by atoms with Crippen LogP contribution >= 0.6 is 15.9 Å². The second-order valence-electron chi connectivity index (χ2n) is 3.63. The van der Waals surface area contributed by atoms with E-state index in [-0.39, 0.29) is 17.0 Å². The highest BCUT2D eigenvalue weighted by Gasteiger charge is 2.34. The molecule has 19 heavy (non-hydrogen) atoms. The van der Waals surface area contributed by atoms with Crippen LogP contribution in [0.5, 0.6) is 0 Å². The van der Waals surface area contributed by atoms with Gasteiger partial charge in [0.15, 0.2) is 5.69 Å². The number of imidazole rings is 1. The minimum Gasteiger partial charge on any atom is -0.478 e. The lowest BCUT2D eigenvalue weighted by molar-refractivity contribution is -0.140. The van der Waals surface area contributed by atoms with E-state index in [1.54, 1.807) is 0 Å². The predicted molar refractivity (Wildman–Crippen MR) is 63.7 cm³/mol. The second kappa shape index (κ2) is 4.69. The van der Waals surface area contributed by atoms with Gasteiger partial charge in [-0.3, -0.25) is 0 Å². The Morgan fingerprint density at radius 2 is 2.05 bits per heavy atom. The molecule has 1 aromatic heterocycles. The first-order valence-electron chi connectivity index (χ1n) is 4.95. The van der Waals surface area contributed by atoms with Crippen LogP contribution in [0, 0.1) is 0 Å². The maximum absolute atomic E-state index is 12.4. The Hall–Kier alpha value is -1.83. The van der Waals surface area contributed by atoms with Gasteiger partial charge in [0, 0.05) is 16.2 Å². The number of carboxylic acids is 1. The van der Waals surface area contributed by atoms with Crippen molar-refractivity contribution in [2.24, 2.45) is 0 Å². The number of hydrogen-bond acceptors (Lipinski definition) is 2. The van der Waals surface area contributed by atoms with E-state index < -0.39 is 17.8 Å². The number of nitrogens with zero attached hydrogens (tertiary/aromatic N) is 1. The predicted octanol–water partition coefficient (Wildman–Crippen LogP) is 3.56. The van der Waals surface area contributed by atoms with E-state index in [0.717, 1.165) is 0 Å². The van der Waals surface area contributed by atoms with Crippen molar-refractivity contribution in [3.63, 3.8) is 0 Å². The van der Waals surface area contributed by atoms with Gasteiger partial charge in [0.1, 0.15) is 5.82 Å². The topological polar surface area (TPSA) is 66.0 Å². The first-order chi connectivity index (χ1) is 8.79. The third-order valence-corrected chi connectivity index (χ3v) is 2.83. The third-order valence-electron chi connectivity index (χ3n) is 2.34. The number of aromatic carboxylic acids is 1. The van der Waals surface area contributed by atoms with Gasteiger partial charge in [0.2, 0.25) is 0 Å². The number of halogens is 4. The molecule has 1 heterocycles. The van der Waals surface area contributed by atoms with Crippen LogP contribution in [0.4, 0.5) is 13.2 Å². The zero-order valence-corrected chi connectivity index (χ0v) is 10.7. The van der Waals surface area contributed by atoms with Crippen LogP contribution < -0.4 is 0 Å². The molecule has 0 radical (unpaired) electrons. The van der Waals surface area contributed by atoms with Crippen LogP contribution in [0.3, 0.4) is 0 Å². The summed E-state index contributed by atoms with van der Waals surface area (Å²) in [4.78, 5) is 16.8. The van der Waals surface area contributed by atoms with Crippen LogP contribution in [0.25, 0.3) is 11.4 Å². The summed E-state index contributed by atoms with van der Waals surface area (Å²) in [6, 6.07) is 4.21. The van der Waals surface area contributed by atoms with E-state index in [4.69, 9.17) is 5.11 Å². The Morgan fingerprint density at radius 1 is 1.37 bits per heavy atom. The van der Waals surface area contributed by atoms with Gasteiger partial charge in [-0.05, 0) is 18.2 Å². The molecule has 100 valence electrons. The van der Waals surface area contributed by atoms with E-state index in [9.17, 15) is 18.0 Å². The molecule has 0 saturated heterocycles. The van der Waals surface area contributed by atoms with Gasteiger partial charge in [-0.15, -0.1) is 0 Å². The zero-order valence-electron chi connectivity index (χ0n) is 9.12. The standard InChI is InChI=1S/C11H6BrF3N2O2/c12-5-1-2-6(7(3-5)10(18)19)9-16-4-8(17-9)11(13,14)15/h1-4H,(H,16,17)(H,18,19). The van der Waals surface area contributed by atoms with Crippen molar-refractivity contribution >= 4 is 21.9 Å². The number of H-pyrrole nitrogens is 1. The SMILES string of the molecule is O=C(O)c1cc(Br)ccc1-c1nc(C(F)(F)F)c[nH]1. The average Bonchev–Trinajstić information content (AvgIpc) is 2.77. The molecule has 2 rings (SSSR count). The summed E-state index contributed by atoms with van der Waals surface area (Å²) in [6.07, 6.45) is -3.88. The quantitative estimate of drug-likeness (QED) is 0.882. The molecule has 0 aliphatic heterocycles. The largest absolute Gasteiger partial charge is 0.478 e. The molecule has 0 spiro atoms. The van der Waals surface area contributed by atoms with Crippen LogP contribution in [0.15, 0.2) is 28.9 Å². The van der Waals surface area contributed by atoms with Crippen molar-refractivity contribution in [3.05, 3.63) is 40.1 Å². The molecule has 4 nitrogen and oxygen atoms in total. The van der Waals surface area contributed by atoms with E-state index in [1.807, 2.05) is 0 Å². The van der Waals surface area contributed by atoms with Gasteiger partial charge in [0.05, 0.1) is 5.56 Å². The molecule has 0 bridgehead atoms. The number of rotatable bonds is 2. The molecule has 0 aliphatic rings. The Labute approximate surface area is 113 Å². The minimum absolute atomic E-state index is 0.0891. The fraction of sp³-hybridized carbons (Fsp3) is 0.0909. The van der Waals surface area contributed by atoms with E-state index >= 15 is 0 Å². The molecule has 0 fully saturated rings. The summed E-state index contributed by atoms with van der Waals surface area (Å²) in [5.74, 6) is -1.39. The maximum atomic E-state index is 12.4. The van der Waals surface area contributed by atoms with Crippen molar-refractivity contribution in [2.75, 3.05) is 0 Å². The monoisotopic (exact) mass is 334 g/mol. The van der Waals surface area contributed by atoms with Crippen molar-refractivity contribution in [2.45, 2.75) is 6.18 Å². The number of benzene rings is 1. The number of carbonyl (C=O) groups is 1. The Kier molecular flexibility index (Phi) is 3.36. The van der Waals surface area contributed by atoms with E-state index in [1.165, 1.54) is 18.2 Å². The fourth-order valence-corrected chi connectivity index (χ4v) is 1.87. The number of hydrogen-bond donors (Lipinski definition) is 2. The second-order valence-corrected chi connectivity index (χ2v) is 4.54. The van der Waals surface area contributed by atoms with Gasteiger partial charge in [-0.2, -0.15) is 13.2 Å². The van der Waals surface area contributed by atoms with Crippen molar-refractivity contribution in [1.29, 1.82) is 0 Å². The maximum Gasteiger partial charge on any atom is 0.434 e. The summed E-state index contributed by atoms with van der Waals surface area (Å²) in [5, 5.41) is 9.03. The fourth-order valence-electron chi connectivity index (χ4n) is 1.50. The Bertz CT molecular complexity index is 637. The van der Waals surface area contributed by atoms with Crippen molar-refractivity contribution < 1.29 is 23.1 Å². The molecule has 0 unspecified atom stereocenters. The van der Waals surface area contributed by atoms with Crippen LogP contribution in [-0.4, -0.2) is 21.0 Å². The number of carboxylic acid groups (broad SMARTS) is 1. The van der Waals surface area contributed by atoms with Crippen molar-refractivity contribution in [3.8, 4) is 11.4 Å². The van der Waals surface area contributed by atoms with E-state index in [0.29, 0.717) is 10.7 Å². The lowest BCUT2D eigenvalue weighted by Crippen LogP contribution is -2.05. The summed E-state index contributed by atoms with van der Waals surface area (Å²) in [5.41, 5.74) is -1.15. The lowest BCUT2D eigenvalue weighted by atomic mass is 10.1. The lowest BCUT2D eigenvalue weighted by Gasteiger charge is -2.04. The summed E-state index contributed by atoms with van der Waals surface area (Å²) in [7, 11) is 0. The molecule has 8 heteroatoms.